The summed E-state index contributed by atoms with van der Waals surface area (Å²) in [4.78, 5) is 3.90. The Labute approximate surface area is 98.4 Å². The van der Waals surface area contributed by atoms with Crippen LogP contribution in [0.5, 0.6) is 0 Å². The summed E-state index contributed by atoms with van der Waals surface area (Å²) in [7, 11) is 0. The number of hydrogen-bond donors (Lipinski definition) is 1. The molecular formula is C9H9F5N2S. The van der Waals surface area contributed by atoms with E-state index in [0.29, 0.717) is 11.8 Å². The summed E-state index contributed by atoms with van der Waals surface area (Å²) in [5.41, 5.74) is 4.99. The lowest BCUT2D eigenvalue weighted by atomic mass is 10.2. The van der Waals surface area contributed by atoms with E-state index in [-0.39, 0.29) is 4.90 Å². The number of nitrogens with two attached hydrogens (primary N) is 1. The molecule has 0 aliphatic heterocycles. The third-order valence-electron chi connectivity index (χ3n) is 1.92. The zero-order chi connectivity index (χ0) is 13.1. The van der Waals surface area contributed by atoms with Gasteiger partial charge in [-0.2, -0.15) is 22.0 Å². The molecule has 17 heavy (non-hydrogen) atoms. The molecule has 96 valence electrons. The first-order valence-corrected chi connectivity index (χ1v) is 5.38. The molecule has 1 unspecified atom stereocenters. The molecule has 0 saturated carbocycles. The molecule has 0 bridgehead atoms. The van der Waals surface area contributed by atoms with Crippen LogP contribution in [0.2, 0.25) is 0 Å². The van der Waals surface area contributed by atoms with Gasteiger partial charge < -0.3 is 5.73 Å². The fourth-order valence-electron chi connectivity index (χ4n) is 1.03. The van der Waals surface area contributed by atoms with Crippen molar-refractivity contribution in [3.05, 3.63) is 24.5 Å². The van der Waals surface area contributed by atoms with Crippen LogP contribution < -0.4 is 5.73 Å². The maximum absolute atomic E-state index is 13.0. The summed E-state index contributed by atoms with van der Waals surface area (Å²) >= 11 is 0.388. The van der Waals surface area contributed by atoms with Crippen molar-refractivity contribution in [2.45, 2.75) is 22.2 Å². The molecule has 0 saturated heterocycles. The monoisotopic (exact) mass is 272 g/mol. The maximum atomic E-state index is 13.0. The average Bonchev–Trinajstić information content (AvgIpc) is 2.25. The minimum absolute atomic E-state index is 0.263. The minimum atomic E-state index is -5.60. The van der Waals surface area contributed by atoms with E-state index < -0.39 is 23.9 Å². The van der Waals surface area contributed by atoms with Crippen molar-refractivity contribution in [1.82, 2.24) is 4.98 Å². The van der Waals surface area contributed by atoms with E-state index in [1.165, 1.54) is 24.5 Å². The Kier molecular flexibility index (Phi) is 4.31. The molecule has 0 radical (unpaired) electrons. The van der Waals surface area contributed by atoms with Gasteiger partial charge in [-0.25, -0.2) is 0 Å². The third kappa shape index (κ3) is 3.29. The number of nitrogens with zero attached hydrogens (tertiary/aromatic N) is 1. The lowest BCUT2D eigenvalue weighted by Gasteiger charge is -2.27. The van der Waals surface area contributed by atoms with Crippen molar-refractivity contribution in [3.8, 4) is 0 Å². The van der Waals surface area contributed by atoms with Gasteiger partial charge in [-0.1, -0.05) is 0 Å². The molecule has 1 aromatic heterocycles. The Bertz CT molecular complexity index is 354. The molecule has 0 fully saturated rings. The largest absolute Gasteiger partial charge is 0.454 e. The first-order chi connectivity index (χ1) is 7.79. The summed E-state index contributed by atoms with van der Waals surface area (Å²) in [5.74, 6) is -4.82. The van der Waals surface area contributed by atoms with Crippen LogP contribution >= 0.6 is 11.8 Å². The van der Waals surface area contributed by atoms with E-state index in [2.05, 4.69) is 4.98 Å². The average molecular weight is 272 g/mol. The number of rotatable bonds is 4. The second-order valence-corrected chi connectivity index (χ2v) is 4.42. The molecule has 0 spiro atoms. The van der Waals surface area contributed by atoms with Gasteiger partial charge in [0.1, 0.15) is 0 Å². The second-order valence-electron chi connectivity index (χ2n) is 3.15. The fraction of sp³-hybridized carbons (Fsp3) is 0.444. The molecule has 1 heterocycles. The Balaban J connectivity index is 2.86. The Morgan fingerprint density at radius 1 is 1.18 bits per heavy atom. The molecule has 0 aromatic carbocycles. The van der Waals surface area contributed by atoms with Crippen LogP contribution in [0.1, 0.15) is 0 Å². The van der Waals surface area contributed by atoms with Crippen molar-refractivity contribution >= 4 is 11.8 Å². The van der Waals surface area contributed by atoms with Crippen LogP contribution in [0, 0.1) is 0 Å². The van der Waals surface area contributed by atoms with Crippen molar-refractivity contribution in [1.29, 1.82) is 0 Å². The zero-order valence-corrected chi connectivity index (χ0v) is 9.23. The molecule has 2 N–H and O–H groups in total. The van der Waals surface area contributed by atoms with E-state index in [9.17, 15) is 22.0 Å². The van der Waals surface area contributed by atoms with Gasteiger partial charge >= 0.3 is 12.1 Å². The quantitative estimate of drug-likeness (QED) is 0.676. The Morgan fingerprint density at radius 2 is 1.71 bits per heavy atom. The highest BCUT2D eigenvalue weighted by Crippen LogP contribution is 2.44. The Morgan fingerprint density at radius 3 is 2.12 bits per heavy atom. The third-order valence-corrected chi connectivity index (χ3v) is 3.24. The SMILES string of the molecule is NCC(Sc1ccncc1)C(F)(F)C(F)(F)F. The Hall–Kier alpha value is -0.890. The second kappa shape index (κ2) is 5.18. The number of halogens is 5. The van der Waals surface area contributed by atoms with Gasteiger partial charge in [0.2, 0.25) is 0 Å². The van der Waals surface area contributed by atoms with Gasteiger partial charge in [0.25, 0.3) is 0 Å². The maximum Gasteiger partial charge on any atom is 0.454 e. The molecule has 1 rings (SSSR count). The van der Waals surface area contributed by atoms with Gasteiger partial charge in [0.05, 0.1) is 5.25 Å². The molecule has 0 amide bonds. The van der Waals surface area contributed by atoms with Crippen molar-refractivity contribution < 1.29 is 22.0 Å². The first-order valence-electron chi connectivity index (χ1n) is 4.50. The number of alkyl halides is 5. The van der Waals surface area contributed by atoms with Crippen LogP contribution in [0.3, 0.4) is 0 Å². The number of hydrogen-bond acceptors (Lipinski definition) is 3. The van der Waals surface area contributed by atoms with Crippen molar-refractivity contribution in [2.24, 2.45) is 5.73 Å². The highest BCUT2D eigenvalue weighted by molar-refractivity contribution is 8.00. The fourth-order valence-corrected chi connectivity index (χ4v) is 2.02. The van der Waals surface area contributed by atoms with E-state index in [4.69, 9.17) is 5.73 Å². The smallest absolute Gasteiger partial charge is 0.329 e. The molecular weight excluding hydrogens is 263 g/mol. The van der Waals surface area contributed by atoms with E-state index in [1.807, 2.05) is 0 Å². The number of thioether (sulfide) groups is 1. The van der Waals surface area contributed by atoms with Crippen LogP contribution in [-0.4, -0.2) is 28.9 Å². The van der Waals surface area contributed by atoms with E-state index >= 15 is 0 Å². The normalized spacial score (nSPS) is 14.7. The molecule has 0 aliphatic rings. The molecule has 0 aliphatic carbocycles. The van der Waals surface area contributed by atoms with Gasteiger partial charge in [0, 0.05) is 23.8 Å². The highest BCUT2D eigenvalue weighted by Gasteiger charge is 2.62. The number of aromatic nitrogens is 1. The predicted octanol–water partition coefficient (Wildman–Crippen LogP) is 2.70. The molecule has 8 heteroatoms. The number of pyridine rings is 1. The van der Waals surface area contributed by atoms with Crippen LogP contribution in [0.25, 0.3) is 0 Å². The summed E-state index contributed by atoms with van der Waals surface area (Å²) in [6.45, 7) is -0.778. The van der Waals surface area contributed by atoms with Crippen LogP contribution in [0.15, 0.2) is 29.4 Å². The summed E-state index contributed by atoms with van der Waals surface area (Å²) < 4.78 is 62.5. The van der Waals surface area contributed by atoms with Gasteiger partial charge in [-0.3, -0.25) is 4.98 Å². The van der Waals surface area contributed by atoms with E-state index in [1.54, 1.807) is 0 Å². The first kappa shape index (κ1) is 14.2. The van der Waals surface area contributed by atoms with Crippen LogP contribution in [0.4, 0.5) is 22.0 Å². The summed E-state index contributed by atoms with van der Waals surface area (Å²) in [6.07, 6.45) is -2.99. The zero-order valence-electron chi connectivity index (χ0n) is 8.42. The highest BCUT2D eigenvalue weighted by atomic mass is 32.2. The topological polar surface area (TPSA) is 38.9 Å². The minimum Gasteiger partial charge on any atom is -0.329 e. The predicted molar refractivity (Wildman–Crippen MR) is 53.9 cm³/mol. The molecule has 1 atom stereocenters. The molecule has 2 nitrogen and oxygen atoms in total. The lowest BCUT2D eigenvalue weighted by Crippen LogP contribution is -2.48. The summed E-state index contributed by atoms with van der Waals surface area (Å²) in [5, 5.41) is -2.05. The van der Waals surface area contributed by atoms with Crippen LogP contribution in [-0.2, 0) is 0 Å². The van der Waals surface area contributed by atoms with Crippen molar-refractivity contribution in [3.63, 3.8) is 0 Å². The lowest BCUT2D eigenvalue weighted by molar-refractivity contribution is -0.280. The van der Waals surface area contributed by atoms with Gasteiger partial charge in [-0.05, 0) is 12.1 Å². The van der Waals surface area contributed by atoms with Crippen molar-refractivity contribution in [2.75, 3.05) is 6.54 Å². The summed E-state index contributed by atoms with van der Waals surface area (Å²) in [6, 6.07) is 2.69. The standard InChI is InChI=1S/C9H9F5N2S/c10-8(11,9(12,13)14)7(5-15)17-6-1-3-16-4-2-6/h1-4,7H,5,15H2. The van der Waals surface area contributed by atoms with E-state index in [0.717, 1.165) is 0 Å². The molecule has 1 aromatic rings. The van der Waals surface area contributed by atoms with Gasteiger partial charge in [0.15, 0.2) is 0 Å². The van der Waals surface area contributed by atoms with Gasteiger partial charge in [-0.15, -0.1) is 11.8 Å².